The number of hydrogen-bond acceptors (Lipinski definition) is 5. The van der Waals surface area contributed by atoms with Crippen LogP contribution >= 0.6 is 7.94 Å². The lowest BCUT2D eigenvalue weighted by molar-refractivity contribution is 0.346. The fraction of sp³-hybridized carbons (Fsp3) is 0. The minimum Gasteiger partial charge on any atom is -0.194 e. The summed E-state index contributed by atoms with van der Waals surface area (Å²) in [5.74, 6) is 0. The molecular formula is C2H5N3O3P+. The van der Waals surface area contributed by atoms with Crippen molar-refractivity contribution >= 4 is 13.4 Å². The summed E-state index contributed by atoms with van der Waals surface area (Å²) < 4.78 is 0. The molecule has 7 heteroatoms. The molecule has 0 saturated carbocycles. The third kappa shape index (κ3) is 1.43. The van der Waals surface area contributed by atoms with Gasteiger partial charge in [-0.3, -0.25) is 0 Å². The predicted molar refractivity (Wildman–Crippen MR) is 29.6 cm³/mol. The minimum atomic E-state index is -3.93. The van der Waals surface area contributed by atoms with E-state index < -0.39 is 7.94 Å². The summed E-state index contributed by atoms with van der Waals surface area (Å²) in [5.41, 5.74) is -0.220. The van der Waals surface area contributed by atoms with Gasteiger partial charge in [0.25, 0.3) is 0 Å². The summed E-state index contributed by atoms with van der Waals surface area (Å²) in [5, 5.41) is 8.64. The van der Waals surface area contributed by atoms with Crippen LogP contribution in [0.5, 0.6) is 0 Å². The molecule has 0 atom stereocenters. The third-order valence-electron chi connectivity index (χ3n) is 0.710. The van der Waals surface area contributed by atoms with Crippen LogP contribution in [0.15, 0.2) is 6.20 Å². The Kier molecular flexibility index (Phi) is 1.46. The topological polar surface area (TPSA) is 102 Å². The minimum absolute atomic E-state index is 0.220. The molecule has 1 heterocycles. The number of nitrogens with one attached hydrogen (secondary N) is 1. The zero-order valence-electron chi connectivity index (χ0n) is 4.26. The molecule has 4 N–H and O–H groups in total. The number of rotatable bonds is 1. The van der Waals surface area contributed by atoms with Crippen molar-refractivity contribution in [2.24, 2.45) is 0 Å². The lowest BCUT2D eigenvalue weighted by Crippen LogP contribution is -2.09. The molecule has 0 spiro atoms. The van der Waals surface area contributed by atoms with Crippen molar-refractivity contribution in [2.45, 2.75) is 0 Å². The largest absolute Gasteiger partial charge is 0.464 e. The van der Waals surface area contributed by atoms with Gasteiger partial charge < -0.3 is 0 Å². The van der Waals surface area contributed by atoms with Gasteiger partial charge >= 0.3 is 13.4 Å². The molecule has 50 valence electrons. The molecule has 0 saturated heterocycles. The van der Waals surface area contributed by atoms with Crippen molar-refractivity contribution in [1.29, 1.82) is 0 Å². The molecule has 0 aromatic carbocycles. The monoisotopic (exact) mass is 150 g/mol. The van der Waals surface area contributed by atoms with E-state index in [9.17, 15) is 0 Å². The van der Waals surface area contributed by atoms with Crippen LogP contribution in [-0.2, 0) is 0 Å². The van der Waals surface area contributed by atoms with Crippen LogP contribution < -0.4 is 5.44 Å². The number of aromatic amines is 1. The molecule has 1 aromatic heterocycles. The fourth-order valence-electron chi connectivity index (χ4n) is 0.340. The molecule has 0 radical (unpaired) electrons. The Balaban J connectivity index is 2.90. The van der Waals surface area contributed by atoms with Crippen molar-refractivity contribution in [2.75, 3.05) is 0 Å². The summed E-state index contributed by atoms with van der Waals surface area (Å²) in [6, 6.07) is 0. The van der Waals surface area contributed by atoms with Gasteiger partial charge in [-0.2, -0.15) is 25.0 Å². The Morgan fingerprint density at radius 3 is 2.33 bits per heavy atom. The van der Waals surface area contributed by atoms with Crippen LogP contribution in [0.1, 0.15) is 0 Å². The zero-order chi connectivity index (χ0) is 6.91. The summed E-state index contributed by atoms with van der Waals surface area (Å²) in [6.45, 7) is 0. The van der Waals surface area contributed by atoms with Crippen LogP contribution in [0.25, 0.3) is 0 Å². The highest BCUT2D eigenvalue weighted by Gasteiger charge is 2.37. The van der Waals surface area contributed by atoms with Crippen molar-refractivity contribution in [3.63, 3.8) is 0 Å². The van der Waals surface area contributed by atoms with Crippen LogP contribution in [0.4, 0.5) is 0 Å². The maximum Gasteiger partial charge on any atom is 0.464 e. The number of aromatic nitrogens is 3. The molecule has 1 rings (SSSR count). The average Bonchev–Trinajstić information content (AvgIpc) is 2.08. The van der Waals surface area contributed by atoms with Crippen molar-refractivity contribution in [3.05, 3.63) is 6.20 Å². The molecular weight excluding hydrogens is 145 g/mol. The second-order valence-corrected chi connectivity index (χ2v) is 2.99. The highest BCUT2D eigenvalue weighted by molar-refractivity contribution is 7.66. The van der Waals surface area contributed by atoms with Gasteiger partial charge in [0.2, 0.25) is 0 Å². The van der Waals surface area contributed by atoms with Crippen LogP contribution in [-0.4, -0.2) is 30.1 Å². The first-order valence-corrected chi connectivity index (χ1v) is 3.69. The van der Waals surface area contributed by atoms with Gasteiger partial charge in [0.05, 0.1) is 0 Å². The molecule has 0 aliphatic heterocycles. The van der Waals surface area contributed by atoms with E-state index in [1.807, 2.05) is 0 Å². The highest BCUT2D eigenvalue weighted by Crippen LogP contribution is 2.41. The first kappa shape index (κ1) is 6.57. The highest BCUT2D eigenvalue weighted by atomic mass is 31.2. The van der Waals surface area contributed by atoms with Crippen LogP contribution in [0, 0.1) is 0 Å². The van der Waals surface area contributed by atoms with Gasteiger partial charge in [0.15, 0.2) is 0 Å². The second kappa shape index (κ2) is 2.00. The van der Waals surface area contributed by atoms with E-state index in [1.165, 1.54) is 0 Å². The molecule has 0 aliphatic rings. The Morgan fingerprint density at radius 2 is 2.11 bits per heavy atom. The summed E-state index contributed by atoms with van der Waals surface area (Å²) in [4.78, 5) is 25.4. The van der Waals surface area contributed by atoms with Crippen molar-refractivity contribution in [3.8, 4) is 0 Å². The van der Waals surface area contributed by atoms with Gasteiger partial charge in [0, 0.05) is 0 Å². The maximum absolute atomic E-state index is 8.48. The molecule has 0 bridgehead atoms. The van der Waals surface area contributed by atoms with Gasteiger partial charge in [-0.1, -0.05) is 0 Å². The van der Waals surface area contributed by atoms with Crippen LogP contribution in [0.2, 0.25) is 0 Å². The number of nitrogens with zero attached hydrogens (tertiary/aromatic N) is 2. The lowest BCUT2D eigenvalue weighted by atomic mass is 11.0. The van der Waals surface area contributed by atoms with Gasteiger partial charge in [-0.15, -0.1) is 5.10 Å². The normalized spacial score (nSPS) is 11.9. The molecule has 0 amide bonds. The van der Waals surface area contributed by atoms with E-state index in [0.717, 1.165) is 6.20 Å². The SMILES string of the molecule is O[P+](O)(O)c1cn[nH]n1. The quantitative estimate of drug-likeness (QED) is 0.352. The fourth-order valence-corrected chi connectivity index (χ4v) is 0.732. The Hall–Kier alpha value is -0.550. The number of H-pyrrole nitrogens is 1. The van der Waals surface area contributed by atoms with Crippen LogP contribution in [0.3, 0.4) is 0 Å². The summed E-state index contributed by atoms with van der Waals surface area (Å²) >= 11 is 0. The summed E-state index contributed by atoms with van der Waals surface area (Å²) in [7, 11) is -3.93. The van der Waals surface area contributed by atoms with E-state index in [4.69, 9.17) is 14.7 Å². The van der Waals surface area contributed by atoms with E-state index in [-0.39, 0.29) is 5.44 Å². The molecule has 6 nitrogen and oxygen atoms in total. The number of hydrogen-bond donors (Lipinski definition) is 4. The first-order chi connectivity index (χ1) is 4.11. The van der Waals surface area contributed by atoms with Gasteiger partial charge in [0.1, 0.15) is 6.20 Å². The Bertz CT molecular complexity index is 179. The molecule has 0 unspecified atom stereocenters. The van der Waals surface area contributed by atoms with Crippen molar-refractivity contribution in [1.82, 2.24) is 15.4 Å². The average molecular weight is 150 g/mol. The Morgan fingerprint density at radius 1 is 1.44 bits per heavy atom. The third-order valence-corrected chi connectivity index (χ3v) is 1.54. The molecule has 0 fully saturated rings. The standard InChI is InChI=1S/C2H5N3O3P/c6-9(7,8)2-1-3-5-4-2/h1,6-8H,(H,3,4,5)/q+1. The lowest BCUT2D eigenvalue weighted by Gasteiger charge is -1.94. The molecule has 9 heavy (non-hydrogen) atoms. The molecule has 0 aliphatic carbocycles. The van der Waals surface area contributed by atoms with Gasteiger partial charge in [-0.25, -0.2) is 0 Å². The van der Waals surface area contributed by atoms with E-state index in [2.05, 4.69) is 15.4 Å². The van der Waals surface area contributed by atoms with E-state index >= 15 is 0 Å². The smallest absolute Gasteiger partial charge is 0.194 e. The Labute approximate surface area is 50.7 Å². The molecule has 1 aromatic rings. The maximum atomic E-state index is 8.48. The summed E-state index contributed by atoms with van der Waals surface area (Å²) in [6.07, 6.45) is 1.05. The van der Waals surface area contributed by atoms with E-state index in [0.29, 0.717) is 0 Å². The predicted octanol–water partition coefficient (Wildman–Crippen LogP) is -1.83. The van der Waals surface area contributed by atoms with Crippen molar-refractivity contribution < 1.29 is 14.7 Å². The first-order valence-electron chi connectivity index (χ1n) is 2.04. The zero-order valence-corrected chi connectivity index (χ0v) is 5.16. The van der Waals surface area contributed by atoms with Gasteiger partial charge in [-0.05, 0) is 0 Å². The van der Waals surface area contributed by atoms with E-state index in [1.54, 1.807) is 0 Å². The second-order valence-electron chi connectivity index (χ2n) is 1.40.